The molecule has 1 fully saturated rings. The van der Waals surface area contributed by atoms with Crippen LogP contribution >= 0.6 is 0 Å². The van der Waals surface area contributed by atoms with E-state index in [4.69, 9.17) is 0 Å². The predicted molar refractivity (Wildman–Crippen MR) is 74.7 cm³/mol. The van der Waals surface area contributed by atoms with E-state index in [0.717, 1.165) is 5.69 Å². The van der Waals surface area contributed by atoms with Gasteiger partial charge in [-0.1, -0.05) is 0 Å². The van der Waals surface area contributed by atoms with Gasteiger partial charge in [-0.05, 0) is 19.1 Å². The van der Waals surface area contributed by atoms with Gasteiger partial charge < -0.3 is 22.2 Å². The highest BCUT2D eigenvalue weighted by atomic mass is 35.5. The van der Waals surface area contributed by atoms with Gasteiger partial charge in [0.25, 0.3) is 0 Å². The average Bonchev–Trinajstić information content (AvgIpc) is 2.91. The predicted octanol–water partition coefficient (Wildman–Crippen LogP) is -2.06. The SMILES string of the molecule is CC(=O)CC(=O)N(C)c1ccc([NH+]2CCCC2)cc1.[Cl-]. The third kappa shape index (κ3) is 4.05. The van der Waals surface area contributed by atoms with Crippen LogP contribution in [0.3, 0.4) is 0 Å². The Morgan fingerprint density at radius 2 is 1.70 bits per heavy atom. The first-order chi connectivity index (χ1) is 9.08. The fourth-order valence-electron chi connectivity index (χ4n) is 2.49. The van der Waals surface area contributed by atoms with E-state index in [1.807, 2.05) is 12.1 Å². The molecule has 1 aliphatic rings. The van der Waals surface area contributed by atoms with Gasteiger partial charge in [-0.3, -0.25) is 9.59 Å². The third-order valence-electron chi connectivity index (χ3n) is 3.64. The molecule has 1 N–H and O–H groups in total. The highest BCUT2D eigenvalue weighted by Crippen LogP contribution is 2.16. The Hall–Kier alpha value is -1.39. The van der Waals surface area contributed by atoms with Crippen molar-refractivity contribution < 1.29 is 26.9 Å². The van der Waals surface area contributed by atoms with Crippen molar-refractivity contribution in [1.29, 1.82) is 0 Å². The molecule has 5 heteroatoms. The van der Waals surface area contributed by atoms with Crippen LogP contribution in [-0.4, -0.2) is 31.8 Å². The molecule has 1 heterocycles. The van der Waals surface area contributed by atoms with E-state index in [1.54, 1.807) is 11.9 Å². The normalized spacial score (nSPS) is 14.7. The Labute approximate surface area is 126 Å². The summed E-state index contributed by atoms with van der Waals surface area (Å²) < 4.78 is 0. The molecule has 1 aliphatic heterocycles. The minimum atomic E-state index is -0.159. The summed E-state index contributed by atoms with van der Waals surface area (Å²) >= 11 is 0. The molecule has 1 saturated heterocycles. The molecule has 2 rings (SSSR count). The lowest BCUT2D eigenvalue weighted by molar-refractivity contribution is -0.818. The minimum absolute atomic E-state index is 0. The molecule has 1 aromatic rings. The van der Waals surface area contributed by atoms with Crippen molar-refractivity contribution in [3.05, 3.63) is 24.3 Å². The monoisotopic (exact) mass is 296 g/mol. The Bertz CT molecular complexity index is 467. The summed E-state index contributed by atoms with van der Waals surface area (Å²) in [6.07, 6.45) is 2.54. The fraction of sp³-hybridized carbons (Fsp3) is 0.467. The van der Waals surface area contributed by atoms with E-state index in [2.05, 4.69) is 12.1 Å². The maximum absolute atomic E-state index is 11.8. The van der Waals surface area contributed by atoms with Crippen LogP contribution < -0.4 is 22.2 Å². The summed E-state index contributed by atoms with van der Waals surface area (Å²) in [6.45, 7) is 3.82. The highest BCUT2D eigenvalue weighted by Gasteiger charge is 2.18. The number of anilines is 1. The first kappa shape index (κ1) is 16.7. The number of halogens is 1. The van der Waals surface area contributed by atoms with Gasteiger partial charge >= 0.3 is 0 Å². The van der Waals surface area contributed by atoms with E-state index in [-0.39, 0.29) is 30.5 Å². The minimum Gasteiger partial charge on any atom is -1.00 e. The standard InChI is InChI=1S/C15H20N2O2.ClH/c1-12(18)11-15(19)16(2)13-5-7-14(8-6-13)17-9-3-4-10-17;/h5-8H,3-4,9-11H2,1-2H3;1H. The molecule has 20 heavy (non-hydrogen) atoms. The molecule has 0 aromatic heterocycles. The van der Waals surface area contributed by atoms with Crippen molar-refractivity contribution in [3.8, 4) is 0 Å². The second-order valence-corrected chi connectivity index (χ2v) is 5.19. The third-order valence-corrected chi connectivity index (χ3v) is 3.64. The van der Waals surface area contributed by atoms with Gasteiger partial charge in [0.2, 0.25) is 5.91 Å². The summed E-state index contributed by atoms with van der Waals surface area (Å²) in [5, 5.41) is 0. The maximum atomic E-state index is 11.8. The molecule has 0 spiro atoms. The molecule has 1 aromatic carbocycles. The molecule has 0 unspecified atom stereocenters. The Morgan fingerprint density at radius 3 is 2.20 bits per heavy atom. The number of quaternary nitrogens is 1. The van der Waals surface area contributed by atoms with Gasteiger partial charge in [-0.15, -0.1) is 0 Å². The van der Waals surface area contributed by atoms with Crippen LogP contribution in [0.25, 0.3) is 0 Å². The number of hydrogen-bond acceptors (Lipinski definition) is 2. The number of nitrogens with one attached hydrogen (secondary N) is 1. The second kappa shape index (κ2) is 7.41. The zero-order chi connectivity index (χ0) is 13.8. The zero-order valence-electron chi connectivity index (χ0n) is 12.0. The number of amides is 1. The molecule has 0 aliphatic carbocycles. The largest absolute Gasteiger partial charge is 1.00 e. The highest BCUT2D eigenvalue weighted by molar-refractivity contribution is 6.04. The summed E-state index contributed by atoms with van der Waals surface area (Å²) in [5.41, 5.74) is 2.13. The van der Waals surface area contributed by atoms with Crippen molar-refractivity contribution in [2.75, 3.05) is 25.0 Å². The lowest BCUT2D eigenvalue weighted by atomic mass is 10.2. The van der Waals surface area contributed by atoms with Crippen LogP contribution in [-0.2, 0) is 9.59 Å². The summed E-state index contributed by atoms with van der Waals surface area (Å²) in [7, 11) is 1.71. The molecular formula is C15H21ClN2O2. The average molecular weight is 297 g/mol. The molecule has 0 radical (unpaired) electrons. The summed E-state index contributed by atoms with van der Waals surface area (Å²) in [4.78, 5) is 25.8. The van der Waals surface area contributed by atoms with Crippen molar-refractivity contribution in [1.82, 2.24) is 0 Å². The topological polar surface area (TPSA) is 41.8 Å². The number of hydrogen-bond donors (Lipinski definition) is 1. The molecule has 0 saturated carbocycles. The number of Topliss-reactive ketones (excluding diaryl/α,β-unsaturated/α-hetero) is 1. The van der Waals surface area contributed by atoms with E-state index < -0.39 is 0 Å². The van der Waals surface area contributed by atoms with Gasteiger partial charge in [0, 0.05) is 37.7 Å². The Kier molecular flexibility index (Phi) is 6.17. The van der Waals surface area contributed by atoms with Gasteiger partial charge in [-0.2, -0.15) is 0 Å². The Balaban J connectivity index is 0.00000200. The fourth-order valence-corrected chi connectivity index (χ4v) is 2.49. The van der Waals surface area contributed by atoms with Crippen LogP contribution in [0.1, 0.15) is 26.2 Å². The van der Waals surface area contributed by atoms with Crippen LogP contribution in [0.15, 0.2) is 24.3 Å². The first-order valence-electron chi connectivity index (χ1n) is 6.79. The molecular weight excluding hydrogens is 276 g/mol. The summed E-state index contributed by atoms with van der Waals surface area (Å²) in [5.74, 6) is -0.260. The van der Waals surface area contributed by atoms with Crippen molar-refractivity contribution in [3.63, 3.8) is 0 Å². The van der Waals surface area contributed by atoms with E-state index in [9.17, 15) is 9.59 Å². The summed E-state index contributed by atoms with van der Waals surface area (Å²) in [6, 6.07) is 8.07. The number of ketones is 1. The lowest BCUT2D eigenvalue weighted by Crippen LogP contribution is -3.04. The van der Waals surface area contributed by atoms with Crippen LogP contribution in [0.5, 0.6) is 0 Å². The molecule has 0 bridgehead atoms. The molecule has 110 valence electrons. The lowest BCUT2D eigenvalue weighted by Gasteiger charge is -2.18. The molecule has 4 nitrogen and oxygen atoms in total. The number of carbonyl (C=O) groups is 2. The van der Waals surface area contributed by atoms with E-state index in [1.165, 1.54) is 43.4 Å². The zero-order valence-corrected chi connectivity index (χ0v) is 12.7. The van der Waals surface area contributed by atoms with Gasteiger partial charge in [0.05, 0.1) is 19.5 Å². The van der Waals surface area contributed by atoms with Crippen molar-refractivity contribution in [2.45, 2.75) is 26.2 Å². The Morgan fingerprint density at radius 1 is 1.15 bits per heavy atom. The molecule has 1 amide bonds. The smallest absolute Gasteiger partial charge is 0.234 e. The van der Waals surface area contributed by atoms with Gasteiger partial charge in [0.15, 0.2) is 0 Å². The van der Waals surface area contributed by atoms with E-state index >= 15 is 0 Å². The van der Waals surface area contributed by atoms with Crippen LogP contribution in [0.4, 0.5) is 11.4 Å². The second-order valence-electron chi connectivity index (χ2n) is 5.19. The quantitative estimate of drug-likeness (QED) is 0.650. The van der Waals surface area contributed by atoms with Gasteiger partial charge in [-0.25, -0.2) is 0 Å². The van der Waals surface area contributed by atoms with Crippen LogP contribution in [0.2, 0.25) is 0 Å². The van der Waals surface area contributed by atoms with Gasteiger partial charge in [0.1, 0.15) is 11.5 Å². The number of rotatable bonds is 4. The molecule has 0 atom stereocenters. The first-order valence-corrected chi connectivity index (χ1v) is 6.79. The van der Waals surface area contributed by atoms with Crippen molar-refractivity contribution >= 4 is 23.1 Å². The number of carbonyl (C=O) groups excluding carboxylic acids is 2. The van der Waals surface area contributed by atoms with Crippen molar-refractivity contribution in [2.24, 2.45) is 0 Å². The maximum Gasteiger partial charge on any atom is 0.234 e. The number of benzene rings is 1. The van der Waals surface area contributed by atoms with Crippen LogP contribution in [0, 0.1) is 0 Å². The number of nitrogens with zero attached hydrogens (tertiary/aromatic N) is 1. The van der Waals surface area contributed by atoms with E-state index in [0.29, 0.717) is 0 Å².